The van der Waals surface area contributed by atoms with Gasteiger partial charge in [0.2, 0.25) is 0 Å². The summed E-state index contributed by atoms with van der Waals surface area (Å²) in [6.07, 6.45) is 10.9. The Morgan fingerprint density at radius 1 is 1.09 bits per heavy atom. The Morgan fingerprint density at radius 3 is 2.69 bits per heavy atom. The zero-order valence-electron chi connectivity index (χ0n) is 18.4. The van der Waals surface area contributed by atoms with Crippen LogP contribution in [0.4, 0.5) is 5.82 Å². The zero-order chi connectivity index (χ0) is 21.9. The minimum Gasteiger partial charge on any atom is -0.384 e. The van der Waals surface area contributed by atoms with Crippen LogP contribution in [0.25, 0.3) is 11.6 Å². The van der Waals surface area contributed by atoms with Crippen LogP contribution in [0.5, 0.6) is 0 Å². The molecular formula is C25H29N7. The highest BCUT2D eigenvalue weighted by Crippen LogP contribution is 2.31. The minimum absolute atomic E-state index is 0.255. The van der Waals surface area contributed by atoms with Crippen LogP contribution in [0.2, 0.25) is 0 Å². The van der Waals surface area contributed by atoms with Crippen LogP contribution in [0.3, 0.4) is 0 Å². The van der Waals surface area contributed by atoms with Crippen molar-refractivity contribution in [2.45, 2.75) is 13.0 Å². The number of nitrogens with zero attached hydrogens (tertiary/aromatic N) is 5. The molecule has 32 heavy (non-hydrogen) atoms. The molecule has 0 amide bonds. The first-order valence-corrected chi connectivity index (χ1v) is 11.2. The van der Waals surface area contributed by atoms with E-state index in [4.69, 9.17) is 5.73 Å². The average molecular weight is 428 g/mol. The summed E-state index contributed by atoms with van der Waals surface area (Å²) in [5.74, 6) is 0.732. The van der Waals surface area contributed by atoms with Crippen LogP contribution in [0, 0.1) is 5.92 Å². The van der Waals surface area contributed by atoms with Gasteiger partial charge in [0, 0.05) is 50.4 Å². The molecule has 2 aromatic rings. The van der Waals surface area contributed by atoms with E-state index in [0.717, 1.165) is 61.8 Å². The topological polar surface area (TPSA) is 82.7 Å². The quantitative estimate of drug-likeness (QED) is 0.764. The molecule has 1 atom stereocenters. The molecule has 0 radical (unpaired) electrons. The fourth-order valence-corrected chi connectivity index (χ4v) is 4.34. The van der Waals surface area contributed by atoms with E-state index in [9.17, 15) is 0 Å². The maximum atomic E-state index is 5.80. The summed E-state index contributed by atoms with van der Waals surface area (Å²) < 4.78 is 0. The molecule has 0 bridgehead atoms. The average Bonchev–Trinajstić information content (AvgIpc) is 3.22. The minimum atomic E-state index is 0.255. The summed E-state index contributed by atoms with van der Waals surface area (Å²) in [6.45, 7) is 5.61. The molecule has 0 saturated carbocycles. The number of nitrogen functional groups attached to an aromatic ring is 1. The van der Waals surface area contributed by atoms with E-state index in [2.05, 4.69) is 85.9 Å². The van der Waals surface area contributed by atoms with E-state index >= 15 is 0 Å². The molecule has 7 heteroatoms. The molecule has 3 heterocycles. The summed E-state index contributed by atoms with van der Waals surface area (Å²) >= 11 is 0. The number of nitrogens with one attached hydrogen (secondary N) is 1. The molecule has 7 nitrogen and oxygen atoms in total. The molecule has 0 spiro atoms. The normalized spacial score (nSPS) is 21.7. The monoisotopic (exact) mass is 427 g/mol. The Labute approximate surface area is 189 Å². The second-order valence-electron chi connectivity index (χ2n) is 8.68. The molecule has 3 aliphatic rings. The van der Waals surface area contributed by atoms with Crippen LogP contribution in [0.15, 0.2) is 65.7 Å². The first kappa shape index (κ1) is 20.6. The molecule has 1 aromatic carbocycles. The number of fused-ring (bicyclic) bond motifs is 1. The number of likely N-dealkylation sites (N-methyl/N-ethyl adjacent to an activating group) is 1. The number of hydrogen-bond acceptors (Lipinski definition) is 7. The van der Waals surface area contributed by atoms with E-state index < -0.39 is 0 Å². The van der Waals surface area contributed by atoms with Crippen molar-refractivity contribution < 1.29 is 0 Å². The predicted octanol–water partition coefficient (Wildman–Crippen LogP) is 2.77. The first-order valence-electron chi connectivity index (χ1n) is 11.2. The van der Waals surface area contributed by atoms with Gasteiger partial charge in [-0.15, -0.1) is 0 Å². The highest BCUT2D eigenvalue weighted by atomic mass is 15.3. The third-order valence-corrected chi connectivity index (χ3v) is 6.34. The lowest BCUT2D eigenvalue weighted by atomic mass is 9.89. The Balaban J connectivity index is 1.19. The summed E-state index contributed by atoms with van der Waals surface area (Å²) in [4.78, 5) is 13.2. The van der Waals surface area contributed by atoms with Gasteiger partial charge in [-0.05, 0) is 42.3 Å². The van der Waals surface area contributed by atoms with E-state index in [1.165, 1.54) is 17.5 Å². The van der Waals surface area contributed by atoms with Gasteiger partial charge in [0.1, 0.15) is 12.1 Å². The molecule has 3 N–H and O–H groups in total. The Bertz CT molecular complexity index is 1090. The van der Waals surface area contributed by atoms with Crippen molar-refractivity contribution in [2.75, 3.05) is 39.0 Å². The van der Waals surface area contributed by atoms with Crippen molar-refractivity contribution in [3.63, 3.8) is 0 Å². The van der Waals surface area contributed by atoms with Gasteiger partial charge in [-0.2, -0.15) is 5.10 Å². The standard InChI is InChI=1S/C25H29N7/c1-31-10-12-32(13-11-31)16-19-4-2-18(3-5-19)6-9-22-21-8-7-20(14-24(21)30-29-22)23-15-25(26)28-17-27-23/h2-7,9,14-15,17,21,30H,8,10-13,16H2,1H3,(H2,26,27,28)/b9-6+. The zero-order valence-corrected chi connectivity index (χ0v) is 18.4. The molecule has 1 aliphatic carbocycles. The predicted molar refractivity (Wildman–Crippen MR) is 129 cm³/mol. The SMILES string of the molecule is CN1CCN(Cc2ccc(/C=C/C3=NNC4=CC(c5cc(N)ncn5)=CCC43)cc2)CC1. The number of hydrazone groups is 1. The Kier molecular flexibility index (Phi) is 5.83. The number of nitrogens with two attached hydrogens (primary N) is 1. The smallest absolute Gasteiger partial charge is 0.127 e. The Morgan fingerprint density at radius 2 is 1.91 bits per heavy atom. The second-order valence-corrected chi connectivity index (χ2v) is 8.68. The highest BCUT2D eigenvalue weighted by molar-refractivity contribution is 6.03. The van der Waals surface area contributed by atoms with Gasteiger partial charge in [0.05, 0.1) is 11.4 Å². The summed E-state index contributed by atoms with van der Waals surface area (Å²) in [7, 11) is 2.19. The lowest BCUT2D eigenvalue weighted by Gasteiger charge is -2.32. The fraction of sp³-hybridized carbons (Fsp3) is 0.320. The van der Waals surface area contributed by atoms with Gasteiger partial charge in [0.15, 0.2) is 0 Å². The maximum Gasteiger partial charge on any atom is 0.127 e. The third kappa shape index (κ3) is 4.64. The highest BCUT2D eigenvalue weighted by Gasteiger charge is 2.27. The Hall–Kier alpha value is -3.29. The van der Waals surface area contributed by atoms with E-state index in [1.54, 1.807) is 6.07 Å². The van der Waals surface area contributed by atoms with Crippen LogP contribution in [-0.2, 0) is 6.54 Å². The van der Waals surface area contributed by atoms with Crippen molar-refractivity contribution >= 4 is 23.2 Å². The van der Waals surface area contributed by atoms with E-state index in [1.807, 2.05) is 0 Å². The molecule has 1 saturated heterocycles. The van der Waals surface area contributed by atoms with E-state index in [-0.39, 0.29) is 5.92 Å². The second kappa shape index (κ2) is 9.06. The van der Waals surface area contributed by atoms with Crippen LogP contribution < -0.4 is 11.2 Å². The molecule has 2 aliphatic heterocycles. The molecule has 5 rings (SSSR count). The summed E-state index contributed by atoms with van der Waals surface area (Å²) in [6, 6.07) is 10.7. The number of benzene rings is 1. The number of rotatable bonds is 5. The van der Waals surface area contributed by atoms with Crippen molar-refractivity contribution in [1.82, 2.24) is 25.2 Å². The van der Waals surface area contributed by atoms with Crippen molar-refractivity contribution in [3.05, 3.63) is 77.4 Å². The van der Waals surface area contributed by atoms with Gasteiger partial charge in [-0.1, -0.05) is 36.4 Å². The van der Waals surface area contributed by atoms with Gasteiger partial charge < -0.3 is 10.6 Å². The van der Waals surface area contributed by atoms with Crippen LogP contribution in [0.1, 0.15) is 23.2 Å². The molecule has 1 unspecified atom stereocenters. The van der Waals surface area contributed by atoms with Crippen LogP contribution in [-0.4, -0.2) is 58.7 Å². The van der Waals surface area contributed by atoms with Gasteiger partial charge in [-0.25, -0.2) is 9.97 Å². The number of piperazine rings is 1. The van der Waals surface area contributed by atoms with Crippen molar-refractivity contribution in [3.8, 4) is 0 Å². The van der Waals surface area contributed by atoms with Crippen molar-refractivity contribution in [1.29, 1.82) is 0 Å². The third-order valence-electron chi connectivity index (χ3n) is 6.34. The summed E-state index contributed by atoms with van der Waals surface area (Å²) in [5.41, 5.74) is 15.6. The van der Waals surface area contributed by atoms with Gasteiger partial charge in [0.25, 0.3) is 0 Å². The number of anilines is 1. The molecule has 164 valence electrons. The van der Waals surface area contributed by atoms with E-state index in [0.29, 0.717) is 5.82 Å². The lowest BCUT2D eigenvalue weighted by Crippen LogP contribution is -2.43. The van der Waals surface area contributed by atoms with Gasteiger partial charge >= 0.3 is 0 Å². The summed E-state index contributed by atoms with van der Waals surface area (Å²) in [5, 5.41) is 4.55. The number of hydrogen-bond donors (Lipinski definition) is 2. The fourth-order valence-electron chi connectivity index (χ4n) is 4.34. The molecule has 1 aromatic heterocycles. The van der Waals surface area contributed by atoms with Crippen molar-refractivity contribution in [2.24, 2.45) is 11.0 Å². The van der Waals surface area contributed by atoms with Gasteiger partial charge in [-0.3, -0.25) is 10.3 Å². The van der Waals surface area contributed by atoms with Crippen LogP contribution >= 0.6 is 0 Å². The molecule has 1 fully saturated rings. The first-order chi connectivity index (χ1) is 15.6. The largest absolute Gasteiger partial charge is 0.384 e. The number of aromatic nitrogens is 2. The maximum absolute atomic E-state index is 5.80. The number of allylic oxidation sites excluding steroid dienone is 5. The lowest BCUT2D eigenvalue weighted by molar-refractivity contribution is 0.148. The molecular weight excluding hydrogens is 398 g/mol.